The van der Waals surface area contributed by atoms with Crippen LogP contribution in [0.25, 0.3) is 0 Å². The van der Waals surface area contributed by atoms with Crippen LogP contribution < -0.4 is 15.0 Å². The fourth-order valence-corrected chi connectivity index (χ4v) is 2.18. The van der Waals surface area contributed by atoms with Crippen LogP contribution >= 0.6 is 0 Å². The summed E-state index contributed by atoms with van der Waals surface area (Å²) in [5.74, 6) is 0.960. The van der Waals surface area contributed by atoms with Crippen LogP contribution in [0, 0.1) is 0 Å². The molecule has 1 aromatic rings. The third-order valence-electron chi connectivity index (χ3n) is 3.10. The molecule has 1 aliphatic heterocycles. The van der Waals surface area contributed by atoms with Crippen LogP contribution in [0.4, 0.5) is 5.69 Å². The number of anilines is 1. The Morgan fingerprint density at radius 1 is 1.12 bits per heavy atom. The van der Waals surface area contributed by atoms with Gasteiger partial charge in [0.25, 0.3) is 0 Å². The normalized spacial score (nSPS) is 17.4. The Morgan fingerprint density at radius 3 is 2.71 bits per heavy atom. The van der Waals surface area contributed by atoms with Crippen molar-refractivity contribution >= 4 is 5.69 Å². The summed E-state index contributed by atoms with van der Waals surface area (Å²) in [6.45, 7) is 7.23. The molecule has 3 nitrogen and oxygen atoms in total. The summed E-state index contributed by atoms with van der Waals surface area (Å²) in [4.78, 5) is 2.45. The highest BCUT2D eigenvalue weighted by molar-refractivity contribution is 5.49. The van der Waals surface area contributed by atoms with Crippen LogP contribution in [0.5, 0.6) is 5.75 Å². The number of rotatable bonds is 3. The maximum atomic E-state index is 5.46. The highest BCUT2D eigenvalue weighted by Gasteiger charge is 2.08. The zero-order chi connectivity index (χ0) is 11.9. The second kappa shape index (κ2) is 6.50. The van der Waals surface area contributed by atoms with Gasteiger partial charge in [-0.3, -0.25) is 0 Å². The van der Waals surface area contributed by atoms with Crippen molar-refractivity contribution in [3.63, 3.8) is 0 Å². The van der Waals surface area contributed by atoms with Crippen molar-refractivity contribution in [3.05, 3.63) is 24.3 Å². The molecule has 1 saturated heterocycles. The van der Waals surface area contributed by atoms with Gasteiger partial charge in [-0.25, -0.2) is 0 Å². The van der Waals surface area contributed by atoms with Gasteiger partial charge in [0.15, 0.2) is 0 Å². The lowest BCUT2D eigenvalue weighted by atomic mass is 10.2. The SMILES string of the molecule is CCOc1ccc(N2CCCCNCC2)cc1. The third kappa shape index (κ3) is 3.63. The van der Waals surface area contributed by atoms with Crippen molar-refractivity contribution < 1.29 is 4.74 Å². The van der Waals surface area contributed by atoms with Gasteiger partial charge in [0, 0.05) is 25.3 Å². The van der Waals surface area contributed by atoms with E-state index in [0.717, 1.165) is 38.5 Å². The molecule has 1 aromatic carbocycles. The van der Waals surface area contributed by atoms with E-state index in [1.54, 1.807) is 0 Å². The number of ether oxygens (including phenoxy) is 1. The van der Waals surface area contributed by atoms with Gasteiger partial charge in [0.2, 0.25) is 0 Å². The molecule has 94 valence electrons. The van der Waals surface area contributed by atoms with Crippen LogP contribution in [-0.2, 0) is 0 Å². The summed E-state index contributed by atoms with van der Waals surface area (Å²) < 4.78 is 5.46. The maximum absolute atomic E-state index is 5.46. The van der Waals surface area contributed by atoms with E-state index in [4.69, 9.17) is 4.74 Å². The Bertz CT molecular complexity index is 315. The van der Waals surface area contributed by atoms with Crippen molar-refractivity contribution in [2.45, 2.75) is 19.8 Å². The summed E-state index contributed by atoms with van der Waals surface area (Å²) in [7, 11) is 0. The molecule has 1 fully saturated rings. The number of hydrogen-bond acceptors (Lipinski definition) is 3. The van der Waals surface area contributed by atoms with Crippen LogP contribution in [-0.4, -0.2) is 32.8 Å². The largest absolute Gasteiger partial charge is 0.494 e. The minimum atomic E-state index is 0.729. The van der Waals surface area contributed by atoms with Crippen LogP contribution in [0.3, 0.4) is 0 Å². The summed E-state index contributed by atoms with van der Waals surface area (Å²) in [6.07, 6.45) is 2.54. The van der Waals surface area contributed by atoms with Gasteiger partial charge >= 0.3 is 0 Å². The third-order valence-corrected chi connectivity index (χ3v) is 3.10. The zero-order valence-corrected chi connectivity index (χ0v) is 10.6. The van der Waals surface area contributed by atoms with E-state index < -0.39 is 0 Å². The van der Waals surface area contributed by atoms with Crippen molar-refractivity contribution in [3.8, 4) is 5.75 Å². The highest BCUT2D eigenvalue weighted by Crippen LogP contribution is 2.20. The molecule has 0 atom stereocenters. The molecule has 17 heavy (non-hydrogen) atoms. The first kappa shape index (κ1) is 12.2. The van der Waals surface area contributed by atoms with E-state index in [-0.39, 0.29) is 0 Å². The smallest absolute Gasteiger partial charge is 0.119 e. The quantitative estimate of drug-likeness (QED) is 0.868. The molecular formula is C14H22N2O. The van der Waals surface area contributed by atoms with Gasteiger partial charge in [-0.05, 0) is 50.6 Å². The molecule has 0 aliphatic carbocycles. The lowest BCUT2D eigenvalue weighted by Gasteiger charge is -2.27. The van der Waals surface area contributed by atoms with E-state index in [9.17, 15) is 0 Å². The summed E-state index contributed by atoms with van der Waals surface area (Å²) in [5, 5.41) is 3.45. The van der Waals surface area contributed by atoms with Crippen molar-refractivity contribution in [2.75, 3.05) is 37.7 Å². The average molecular weight is 234 g/mol. The fraction of sp³-hybridized carbons (Fsp3) is 0.571. The standard InChI is InChI=1S/C14H22N2O/c1-2-17-14-7-5-13(6-8-14)16-11-4-3-9-15-10-12-16/h5-8,15H,2-4,9-12H2,1H3. The minimum absolute atomic E-state index is 0.729. The van der Waals surface area contributed by atoms with Crippen molar-refractivity contribution in [2.24, 2.45) is 0 Å². The van der Waals surface area contributed by atoms with Gasteiger partial charge in [-0.1, -0.05) is 0 Å². The van der Waals surface area contributed by atoms with E-state index in [2.05, 4.69) is 34.5 Å². The molecule has 2 rings (SSSR count). The molecule has 0 radical (unpaired) electrons. The van der Waals surface area contributed by atoms with E-state index in [0.29, 0.717) is 0 Å². The summed E-state index contributed by atoms with van der Waals surface area (Å²) >= 11 is 0. The Morgan fingerprint density at radius 2 is 1.94 bits per heavy atom. The van der Waals surface area contributed by atoms with Gasteiger partial charge in [0.05, 0.1) is 6.61 Å². The summed E-state index contributed by atoms with van der Waals surface area (Å²) in [5.41, 5.74) is 1.30. The fourth-order valence-electron chi connectivity index (χ4n) is 2.18. The molecule has 0 spiro atoms. The van der Waals surface area contributed by atoms with Gasteiger partial charge in [-0.2, -0.15) is 0 Å². The Hall–Kier alpha value is -1.22. The number of hydrogen-bond donors (Lipinski definition) is 1. The molecular weight excluding hydrogens is 212 g/mol. The van der Waals surface area contributed by atoms with E-state index >= 15 is 0 Å². The predicted octanol–water partition coefficient (Wildman–Crippen LogP) is 2.28. The monoisotopic (exact) mass is 234 g/mol. The second-order valence-electron chi connectivity index (χ2n) is 4.37. The lowest BCUT2D eigenvalue weighted by Crippen LogP contribution is -2.36. The van der Waals surface area contributed by atoms with Crippen molar-refractivity contribution in [1.29, 1.82) is 0 Å². The molecule has 0 amide bonds. The second-order valence-corrected chi connectivity index (χ2v) is 4.37. The first-order valence-electron chi connectivity index (χ1n) is 6.58. The van der Waals surface area contributed by atoms with Crippen LogP contribution in [0.15, 0.2) is 24.3 Å². The van der Waals surface area contributed by atoms with Gasteiger partial charge in [0.1, 0.15) is 5.75 Å². The molecule has 0 aromatic heterocycles. The minimum Gasteiger partial charge on any atom is -0.494 e. The Labute approximate surface area is 104 Å². The Balaban J connectivity index is 1.99. The summed E-state index contributed by atoms with van der Waals surface area (Å²) in [6, 6.07) is 8.44. The molecule has 0 unspecified atom stereocenters. The maximum Gasteiger partial charge on any atom is 0.119 e. The highest BCUT2D eigenvalue weighted by atomic mass is 16.5. The predicted molar refractivity (Wildman–Crippen MR) is 71.9 cm³/mol. The number of nitrogens with zero attached hydrogens (tertiary/aromatic N) is 1. The Kier molecular flexibility index (Phi) is 4.68. The first-order valence-corrected chi connectivity index (χ1v) is 6.58. The van der Waals surface area contributed by atoms with E-state index in [1.165, 1.54) is 18.5 Å². The van der Waals surface area contributed by atoms with Gasteiger partial charge in [-0.15, -0.1) is 0 Å². The van der Waals surface area contributed by atoms with Crippen LogP contribution in [0.2, 0.25) is 0 Å². The number of nitrogens with one attached hydrogen (secondary N) is 1. The molecule has 0 saturated carbocycles. The first-order chi connectivity index (χ1) is 8.40. The molecule has 1 aliphatic rings. The number of benzene rings is 1. The van der Waals surface area contributed by atoms with Crippen LogP contribution in [0.1, 0.15) is 19.8 Å². The molecule has 0 bridgehead atoms. The average Bonchev–Trinajstić information content (AvgIpc) is 2.30. The molecule has 1 N–H and O–H groups in total. The molecule has 3 heteroatoms. The van der Waals surface area contributed by atoms with Gasteiger partial charge < -0.3 is 15.0 Å². The lowest BCUT2D eigenvalue weighted by molar-refractivity contribution is 0.340. The zero-order valence-electron chi connectivity index (χ0n) is 10.6. The topological polar surface area (TPSA) is 24.5 Å². The molecule has 1 heterocycles. The van der Waals surface area contributed by atoms with Crippen molar-refractivity contribution in [1.82, 2.24) is 5.32 Å². The van der Waals surface area contributed by atoms with E-state index in [1.807, 2.05) is 6.92 Å².